The zero-order valence-corrected chi connectivity index (χ0v) is 13.4. The fourth-order valence-electron chi connectivity index (χ4n) is 2.46. The molecular formula is C17H17ClN4O. The predicted octanol–water partition coefficient (Wildman–Crippen LogP) is 4.09. The molecule has 3 rings (SSSR count). The maximum absolute atomic E-state index is 12.3. The summed E-state index contributed by atoms with van der Waals surface area (Å²) in [5, 5.41) is 3.64. The summed E-state index contributed by atoms with van der Waals surface area (Å²) in [4.78, 5) is 16.5. The highest BCUT2D eigenvalue weighted by atomic mass is 35.5. The number of halogens is 1. The Hall–Kier alpha value is -2.53. The number of fused-ring (bicyclic) bond motifs is 1. The SMILES string of the molecule is CCC(NC(=O)Nn1cnc2ccccc21)c1ccc(Cl)cc1. The van der Waals surface area contributed by atoms with Gasteiger partial charge in [-0.1, -0.05) is 42.8 Å². The number of carbonyl (C=O) groups excluding carboxylic acids is 1. The van der Waals surface area contributed by atoms with Gasteiger partial charge >= 0.3 is 6.03 Å². The molecular weight excluding hydrogens is 312 g/mol. The van der Waals surface area contributed by atoms with Gasteiger partial charge in [0.25, 0.3) is 0 Å². The van der Waals surface area contributed by atoms with E-state index in [0.717, 1.165) is 23.0 Å². The fraction of sp³-hybridized carbons (Fsp3) is 0.176. The first kappa shape index (κ1) is 15.4. The maximum atomic E-state index is 12.3. The van der Waals surface area contributed by atoms with Crippen LogP contribution in [-0.2, 0) is 0 Å². The third-order valence-electron chi connectivity index (χ3n) is 3.66. The highest BCUT2D eigenvalue weighted by Gasteiger charge is 2.13. The zero-order valence-electron chi connectivity index (χ0n) is 12.7. The Balaban J connectivity index is 1.71. The summed E-state index contributed by atoms with van der Waals surface area (Å²) in [5.41, 5.74) is 5.49. The van der Waals surface area contributed by atoms with Crippen LogP contribution in [0.25, 0.3) is 11.0 Å². The number of imidazole rings is 1. The van der Waals surface area contributed by atoms with Crippen LogP contribution in [-0.4, -0.2) is 15.7 Å². The molecule has 0 spiro atoms. The molecule has 2 N–H and O–H groups in total. The van der Waals surface area contributed by atoms with E-state index in [9.17, 15) is 4.79 Å². The molecule has 23 heavy (non-hydrogen) atoms. The molecule has 0 saturated carbocycles. The quantitative estimate of drug-likeness (QED) is 0.757. The summed E-state index contributed by atoms with van der Waals surface area (Å²) in [6, 6.07) is 14.7. The molecule has 118 valence electrons. The number of carbonyl (C=O) groups is 1. The van der Waals surface area contributed by atoms with Crippen LogP contribution in [0.3, 0.4) is 0 Å². The van der Waals surface area contributed by atoms with Gasteiger partial charge in [0.2, 0.25) is 0 Å². The molecule has 0 aliphatic carbocycles. The summed E-state index contributed by atoms with van der Waals surface area (Å²) in [6.45, 7) is 2.02. The van der Waals surface area contributed by atoms with Crippen molar-refractivity contribution in [2.75, 3.05) is 5.43 Å². The second-order valence-electron chi connectivity index (χ2n) is 5.20. The summed E-state index contributed by atoms with van der Waals surface area (Å²) in [7, 11) is 0. The Bertz CT molecular complexity index is 813. The second-order valence-corrected chi connectivity index (χ2v) is 5.64. The normalized spacial score (nSPS) is 12.1. The minimum Gasteiger partial charge on any atom is -0.330 e. The molecule has 0 saturated heterocycles. The standard InChI is InChI=1S/C17H17ClN4O/c1-2-14(12-7-9-13(18)10-8-12)20-17(23)21-22-11-19-15-5-3-4-6-16(15)22/h3-11,14H,2H2,1H3,(H2,20,21,23). The molecule has 1 heterocycles. The number of rotatable bonds is 4. The Morgan fingerprint density at radius 1 is 1.22 bits per heavy atom. The summed E-state index contributed by atoms with van der Waals surface area (Å²) >= 11 is 5.91. The minimum absolute atomic E-state index is 0.0814. The first-order chi connectivity index (χ1) is 11.2. The smallest absolute Gasteiger partial charge is 0.330 e. The summed E-state index contributed by atoms with van der Waals surface area (Å²) in [6.07, 6.45) is 2.37. The maximum Gasteiger partial charge on any atom is 0.334 e. The van der Waals surface area contributed by atoms with E-state index >= 15 is 0 Å². The van der Waals surface area contributed by atoms with Crippen molar-refractivity contribution in [1.82, 2.24) is 15.0 Å². The highest BCUT2D eigenvalue weighted by Crippen LogP contribution is 2.19. The number of aromatic nitrogens is 2. The average molecular weight is 329 g/mol. The number of urea groups is 1. The van der Waals surface area contributed by atoms with Gasteiger partial charge in [-0.2, -0.15) is 0 Å². The van der Waals surface area contributed by atoms with Gasteiger partial charge in [-0.05, 0) is 36.2 Å². The molecule has 0 bridgehead atoms. The molecule has 5 nitrogen and oxygen atoms in total. The van der Waals surface area contributed by atoms with Crippen molar-refractivity contribution >= 4 is 28.7 Å². The Morgan fingerprint density at radius 2 is 1.96 bits per heavy atom. The predicted molar refractivity (Wildman–Crippen MR) is 92.1 cm³/mol. The number of hydrogen-bond donors (Lipinski definition) is 2. The summed E-state index contributed by atoms with van der Waals surface area (Å²) < 4.78 is 1.61. The largest absolute Gasteiger partial charge is 0.334 e. The van der Waals surface area contributed by atoms with Crippen molar-refractivity contribution in [3.63, 3.8) is 0 Å². The number of nitrogens with zero attached hydrogens (tertiary/aromatic N) is 2. The van der Waals surface area contributed by atoms with E-state index < -0.39 is 0 Å². The van der Waals surface area contributed by atoms with Gasteiger partial charge in [0.1, 0.15) is 6.33 Å². The van der Waals surface area contributed by atoms with Crippen molar-refractivity contribution in [1.29, 1.82) is 0 Å². The van der Waals surface area contributed by atoms with Gasteiger partial charge in [0, 0.05) is 5.02 Å². The summed E-state index contributed by atoms with van der Waals surface area (Å²) in [5.74, 6) is 0. The van der Waals surface area contributed by atoms with Crippen LogP contribution < -0.4 is 10.7 Å². The topological polar surface area (TPSA) is 59.0 Å². The first-order valence-electron chi connectivity index (χ1n) is 7.42. The van der Waals surface area contributed by atoms with E-state index in [4.69, 9.17) is 11.6 Å². The van der Waals surface area contributed by atoms with Gasteiger partial charge < -0.3 is 5.32 Å². The number of benzene rings is 2. The van der Waals surface area contributed by atoms with Crippen LogP contribution in [0, 0.1) is 0 Å². The third-order valence-corrected chi connectivity index (χ3v) is 3.91. The van der Waals surface area contributed by atoms with Crippen molar-refractivity contribution in [2.24, 2.45) is 0 Å². The van der Waals surface area contributed by atoms with E-state index in [1.165, 1.54) is 0 Å². The Labute approximate surface area is 139 Å². The lowest BCUT2D eigenvalue weighted by Crippen LogP contribution is -2.36. The molecule has 6 heteroatoms. The third kappa shape index (κ3) is 3.46. The number of nitrogens with one attached hydrogen (secondary N) is 2. The van der Waals surface area contributed by atoms with E-state index in [2.05, 4.69) is 15.7 Å². The highest BCUT2D eigenvalue weighted by molar-refractivity contribution is 6.30. The lowest BCUT2D eigenvalue weighted by Gasteiger charge is -2.18. The fourth-order valence-corrected chi connectivity index (χ4v) is 2.59. The molecule has 2 amide bonds. The Kier molecular flexibility index (Phi) is 4.48. The second kappa shape index (κ2) is 6.71. The van der Waals surface area contributed by atoms with E-state index in [-0.39, 0.29) is 12.1 Å². The van der Waals surface area contributed by atoms with Crippen LogP contribution in [0.2, 0.25) is 5.02 Å². The molecule has 1 atom stereocenters. The van der Waals surface area contributed by atoms with Gasteiger partial charge in [-0.15, -0.1) is 0 Å². The Morgan fingerprint density at radius 3 is 2.70 bits per heavy atom. The van der Waals surface area contributed by atoms with Crippen molar-refractivity contribution in [3.8, 4) is 0 Å². The van der Waals surface area contributed by atoms with Gasteiger partial charge in [0.05, 0.1) is 17.1 Å². The molecule has 0 radical (unpaired) electrons. The monoisotopic (exact) mass is 328 g/mol. The van der Waals surface area contributed by atoms with Gasteiger partial charge in [-0.25, -0.2) is 19.9 Å². The molecule has 0 aliphatic heterocycles. The van der Waals surface area contributed by atoms with Crippen molar-refractivity contribution in [2.45, 2.75) is 19.4 Å². The van der Waals surface area contributed by atoms with Crippen LogP contribution >= 0.6 is 11.6 Å². The van der Waals surface area contributed by atoms with E-state index in [0.29, 0.717) is 5.02 Å². The van der Waals surface area contributed by atoms with E-state index in [1.54, 1.807) is 11.0 Å². The van der Waals surface area contributed by atoms with Crippen LogP contribution in [0.1, 0.15) is 24.9 Å². The van der Waals surface area contributed by atoms with Gasteiger partial charge in [0.15, 0.2) is 0 Å². The number of hydrogen-bond acceptors (Lipinski definition) is 2. The lowest BCUT2D eigenvalue weighted by atomic mass is 10.1. The first-order valence-corrected chi connectivity index (χ1v) is 7.80. The van der Waals surface area contributed by atoms with E-state index in [1.807, 2.05) is 55.5 Å². The average Bonchev–Trinajstić information content (AvgIpc) is 2.97. The molecule has 3 aromatic rings. The number of amides is 2. The number of para-hydroxylation sites is 2. The zero-order chi connectivity index (χ0) is 16.2. The van der Waals surface area contributed by atoms with Crippen LogP contribution in [0.15, 0.2) is 54.9 Å². The van der Waals surface area contributed by atoms with Crippen molar-refractivity contribution in [3.05, 3.63) is 65.4 Å². The minimum atomic E-state index is -0.282. The molecule has 2 aromatic carbocycles. The van der Waals surface area contributed by atoms with Crippen LogP contribution in [0.4, 0.5) is 4.79 Å². The molecule has 0 aliphatic rings. The molecule has 1 unspecified atom stereocenters. The van der Waals surface area contributed by atoms with Crippen LogP contribution in [0.5, 0.6) is 0 Å². The van der Waals surface area contributed by atoms with Gasteiger partial charge in [-0.3, -0.25) is 0 Å². The molecule has 1 aromatic heterocycles. The lowest BCUT2D eigenvalue weighted by molar-refractivity contribution is 0.245. The molecule has 0 fully saturated rings. The van der Waals surface area contributed by atoms with Crippen molar-refractivity contribution < 1.29 is 4.79 Å².